The lowest BCUT2D eigenvalue weighted by molar-refractivity contribution is -0.150. The molecule has 2 aromatic carbocycles. The van der Waals surface area contributed by atoms with Gasteiger partial charge in [0, 0.05) is 29.2 Å². The Morgan fingerprint density at radius 3 is 2.23 bits per heavy atom. The molecule has 0 radical (unpaired) electrons. The number of nitriles is 1. The number of hydrogen-bond acceptors (Lipinski definition) is 7. The zero-order valence-electron chi connectivity index (χ0n) is 18.8. The lowest BCUT2D eigenvalue weighted by atomic mass is 9.78. The van der Waals surface area contributed by atoms with E-state index in [1.165, 1.54) is 14.0 Å². The summed E-state index contributed by atoms with van der Waals surface area (Å²) in [6, 6.07) is 15.1. The number of allylic oxidation sites excluding steroid dienone is 1. The fourth-order valence-corrected chi connectivity index (χ4v) is 4.50. The zero-order valence-corrected chi connectivity index (χ0v) is 20.3. The van der Waals surface area contributed by atoms with Crippen molar-refractivity contribution in [3.05, 3.63) is 69.7 Å². The van der Waals surface area contributed by atoms with Gasteiger partial charge in [0.2, 0.25) is 17.7 Å². The largest absolute Gasteiger partial charge is 0.468 e. The van der Waals surface area contributed by atoms with Crippen molar-refractivity contribution in [3.63, 3.8) is 0 Å². The SMILES string of the molecule is COC(=O)[C@H]1C(=O)NC(SCC(=O)Nc2ccc(NC(C)=O)cc2)=C(C#N)[C@@H]1c1ccc(Cl)cc1. The van der Waals surface area contributed by atoms with Gasteiger partial charge < -0.3 is 20.7 Å². The second kappa shape index (κ2) is 11.6. The van der Waals surface area contributed by atoms with Crippen molar-refractivity contribution < 1.29 is 23.9 Å². The van der Waals surface area contributed by atoms with Gasteiger partial charge in [0.25, 0.3) is 0 Å². The van der Waals surface area contributed by atoms with Gasteiger partial charge in [-0.3, -0.25) is 19.2 Å². The van der Waals surface area contributed by atoms with E-state index in [0.29, 0.717) is 22.0 Å². The number of hydrogen-bond donors (Lipinski definition) is 3. The normalized spacial score (nSPS) is 17.1. The Hall–Kier alpha value is -3.81. The second-order valence-electron chi connectivity index (χ2n) is 7.47. The van der Waals surface area contributed by atoms with E-state index < -0.39 is 23.7 Å². The van der Waals surface area contributed by atoms with Gasteiger partial charge in [0.05, 0.1) is 29.5 Å². The van der Waals surface area contributed by atoms with Crippen molar-refractivity contribution in [1.29, 1.82) is 5.26 Å². The maximum atomic E-state index is 12.8. The number of amides is 3. The van der Waals surface area contributed by atoms with Crippen LogP contribution in [0.25, 0.3) is 0 Å². The van der Waals surface area contributed by atoms with Crippen LogP contribution in [0.2, 0.25) is 5.02 Å². The third-order valence-electron chi connectivity index (χ3n) is 5.05. The molecule has 2 aromatic rings. The highest BCUT2D eigenvalue weighted by molar-refractivity contribution is 8.03. The third kappa shape index (κ3) is 6.41. The standard InChI is InChI=1S/C24H21ClN4O5S/c1-13(30)27-16-7-9-17(10-8-16)28-19(31)12-35-23-18(11-26)20(14-3-5-15(25)6-4-14)21(22(32)29-23)24(33)34-2/h3-10,20-21H,12H2,1-2H3,(H,27,30)(H,28,31)(H,29,32)/t20-,21+/m0/s1. The number of ether oxygens (including phenoxy) is 1. The van der Waals surface area contributed by atoms with Gasteiger partial charge in [-0.15, -0.1) is 0 Å². The summed E-state index contributed by atoms with van der Waals surface area (Å²) in [6.45, 7) is 1.39. The summed E-state index contributed by atoms with van der Waals surface area (Å²) in [7, 11) is 1.17. The van der Waals surface area contributed by atoms with Crippen LogP contribution >= 0.6 is 23.4 Å². The molecule has 0 fully saturated rings. The van der Waals surface area contributed by atoms with E-state index in [-0.39, 0.29) is 28.2 Å². The van der Waals surface area contributed by atoms with Crippen LogP contribution in [0.1, 0.15) is 18.4 Å². The molecule has 1 aliphatic rings. The average molecular weight is 513 g/mol. The molecule has 9 nitrogen and oxygen atoms in total. The molecule has 0 bridgehead atoms. The maximum absolute atomic E-state index is 12.8. The van der Waals surface area contributed by atoms with Gasteiger partial charge in [-0.2, -0.15) is 5.26 Å². The van der Waals surface area contributed by atoms with E-state index in [4.69, 9.17) is 16.3 Å². The Bertz CT molecular complexity index is 1220. The number of carbonyl (C=O) groups is 4. The van der Waals surface area contributed by atoms with Gasteiger partial charge in [0.15, 0.2) is 0 Å². The van der Waals surface area contributed by atoms with Crippen molar-refractivity contribution in [3.8, 4) is 6.07 Å². The first kappa shape index (κ1) is 25.8. The number of esters is 1. The van der Waals surface area contributed by atoms with Crippen LogP contribution in [0.4, 0.5) is 11.4 Å². The molecular formula is C24H21ClN4O5S. The molecule has 1 heterocycles. The third-order valence-corrected chi connectivity index (χ3v) is 6.32. The molecule has 3 N–H and O–H groups in total. The van der Waals surface area contributed by atoms with Crippen LogP contribution in [-0.4, -0.2) is 36.6 Å². The van der Waals surface area contributed by atoms with Gasteiger partial charge in [-0.1, -0.05) is 35.5 Å². The number of anilines is 2. The smallest absolute Gasteiger partial charge is 0.319 e. The topological polar surface area (TPSA) is 137 Å². The molecule has 3 amide bonds. The summed E-state index contributed by atoms with van der Waals surface area (Å²) in [6.07, 6.45) is 0. The number of nitrogens with one attached hydrogen (secondary N) is 3. The highest BCUT2D eigenvalue weighted by atomic mass is 35.5. The van der Waals surface area contributed by atoms with Gasteiger partial charge in [-0.05, 0) is 42.0 Å². The molecule has 3 rings (SSSR count). The van der Waals surface area contributed by atoms with E-state index in [2.05, 4.69) is 22.0 Å². The summed E-state index contributed by atoms with van der Waals surface area (Å²) in [5, 5.41) is 18.5. The number of carbonyl (C=O) groups excluding carboxylic acids is 4. The molecule has 11 heteroatoms. The molecule has 0 saturated carbocycles. The van der Waals surface area contributed by atoms with Crippen LogP contribution in [0.15, 0.2) is 59.1 Å². The lowest BCUT2D eigenvalue weighted by Gasteiger charge is -2.30. The maximum Gasteiger partial charge on any atom is 0.319 e. The minimum absolute atomic E-state index is 0.107. The van der Waals surface area contributed by atoms with E-state index in [1.807, 2.05) is 0 Å². The van der Waals surface area contributed by atoms with E-state index in [1.54, 1.807) is 48.5 Å². The Labute approximate surface area is 210 Å². The fraction of sp³-hybridized carbons (Fsp3) is 0.208. The molecule has 0 unspecified atom stereocenters. The number of thioether (sulfide) groups is 1. The zero-order chi connectivity index (χ0) is 25.5. The van der Waals surface area contributed by atoms with Crippen molar-refractivity contribution in [2.24, 2.45) is 5.92 Å². The summed E-state index contributed by atoms with van der Waals surface area (Å²) in [4.78, 5) is 48.9. The molecule has 1 aliphatic heterocycles. The summed E-state index contributed by atoms with van der Waals surface area (Å²) in [5.41, 5.74) is 1.78. The van der Waals surface area contributed by atoms with Crippen LogP contribution < -0.4 is 16.0 Å². The minimum Gasteiger partial charge on any atom is -0.468 e. The molecule has 0 aliphatic carbocycles. The molecular weight excluding hydrogens is 492 g/mol. The number of nitrogens with zero attached hydrogens (tertiary/aromatic N) is 1. The monoisotopic (exact) mass is 512 g/mol. The first-order valence-corrected chi connectivity index (χ1v) is 11.7. The van der Waals surface area contributed by atoms with E-state index in [0.717, 1.165) is 11.8 Å². The van der Waals surface area contributed by atoms with Crippen molar-refractivity contribution in [2.45, 2.75) is 12.8 Å². The summed E-state index contributed by atoms with van der Waals surface area (Å²) < 4.78 is 4.81. The second-order valence-corrected chi connectivity index (χ2v) is 8.89. The summed E-state index contributed by atoms with van der Waals surface area (Å²) >= 11 is 6.94. The molecule has 2 atom stereocenters. The van der Waals surface area contributed by atoms with Gasteiger partial charge in [0.1, 0.15) is 5.92 Å². The lowest BCUT2D eigenvalue weighted by Crippen LogP contribution is -2.44. The first-order chi connectivity index (χ1) is 16.7. The van der Waals surface area contributed by atoms with E-state index in [9.17, 15) is 24.4 Å². The van der Waals surface area contributed by atoms with Gasteiger partial charge >= 0.3 is 5.97 Å². The Morgan fingerprint density at radius 1 is 1.09 bits per heavy atom. The average Bonchev–Trinajstić information content (AvgIpc) is 2.83. The van der Waals surface area contributed by atoms with Crippen molar-refractivity contribution >= 4 is 58.4 Å². The Balaban J connectivity index is 1.80. The molecule has 35 heavy (non-hydrogen) atoms. The number of rotatable bonds is 7. The quantitative estimate of drug-likeness (QED) is 0.382. The predicted octanol–water partition coefficient (Wildman–Crippen LogP) is 3.41. The van der Waals surface area contributed by atoms with Crippen molar-refractivity contribution in [2.75, 3.05) is 23.5 Å². The summed E-state index contributed by atoms with van der Waals surface area (Å²) in [5.74, 6) is -4.27. The van der Waals surface area contributed by atoms with Crippen LogP contribution in [-0.2, 0) is 23.9 Å². The van der Waals surface area contributed by atoms with Gasteiger partial charge in [-0.25, -0.2) is 0 Å². The van der Waals surface area contributed by atoms with Crippen LogP contribution in [0.3, 0.4) is 0 Å². The predicted molar refractivity (Wildman–Crippen MR) is 132 cm³/mol. The Kier molecular flexibility index (Phi) is 8.52. The minimum atomic E-state index is -1.27. The first-order valence-electron chi connectivity index (χ1n) is 10.3. The van der Waals surface area contributed by atoms with Crippen molar-refractivity contribution in [1.82, 2.24) is 5.32 Å². The molecule has 0 spiro atoms. The van der Waals surface area contributed by atoms with Crippen LogP contribution in [0.5, 0.6) is 0 Å². The van der Waals surface area contributed by atoms with E-state index >= 15 is 0 Å². The Morgan fingerprint density at radius 2 is 1.69 bits per heavy atom. The fourth-order valence-electron chi connectivity index (χ4n) is 3.52. The highest BCUT2D eigenvalue weighted by Gasteiger charge is 2.44. The molecule has 180 valence electrons. The number of methoxy groups -OCH3 is 1. The highest BCUT2D eigenvalue weighted by Crippen LogP contribution is 2.40. The molecule has 0 saturated heterocycles. The molecule has 0 aromatic heterocycles. The van der Waals surface area contributed by atoms with Crippen LogP contribution in [0, 0.1) is 17.2 Å². The number of benzene rings is 2. The number of halogens is 1.